The molecule has 1 amide bonds. The van der Waals surface area contributed by atoms with Crippen molar-refractivity contribution >= 4 is 34.3 Å². The van der Waals surface area contributed by atoms with Crippen LogP contribution < -0.4 is 5.32 Å². The molecule has 1 atom stereocenters. The first-order valence-electron chi connectivity index (χ1n) is 8.34. The van der Waals surface area contributed by atoms with Gasteiger partial charge in [-0.05, 0) is 44.0 Å². The number of carbonyl (C=O) groups excluding carboxylic acids is 1. The quantitative estimate of drug-likeness (QED) is 0.712. The Bertz CT molecular complexity index is 929. The van der Waals surface area contributed by atoms with Gasteiger partial charge in [0.2, 0.25) is 5.91 Å². The molecule has 0 bridgehead atoms. The number of nitrogens with one attached hydrogen (secondary N) is 1. The van der Waals surface area contributed by atoms with Crippen LogP contribution in [0.2, 0.25) is 0 Å². The summed E-state index contributed by atoms with van der Waals surface area (Å²) in [7, 11) is 1.97. The van der Waals surface area contributed by atoms with Crippen LogP contribution in [0.15, 0.2) is 41.7 Å². The van der Waals surface area contributed by atoms with Crippen molar-refractivity contribution in [3.05, 3.63) is 42.4 Å². The lowest BCUT2D eigenvalue weighted by Crippen LogP contribution is -2.23. The minimum Gasteiger partial charge on any atom is -0.324 e. The zero-order chi connectivity index (χ0) is 17.4. The number of rotatable bonds is 5. The number of anilines is 1. The molecule has 1 aliphatic rings. The van der Waals surface area contributed by atoms with E-state index in [0.717, 1.165) is 27.6 Å². The average Bonchev–Trinajstić information content (AvgIpc) is 3.40. The van der Waals surface area contributed by atoms with E-state index < -0.39 is 0 Å². The molecule has 0 radical (unpaired) electrons. The molecule has 2 heterocycles. The molecule has 1 N–H and O–H groups in total. The highest BCUT2D eigenvalue weighted by molar-refractivity contribution is 8.00. The van der Waals surface area contributed by atoms with Crippen molar-refractivity contribution in [3.8, 4) is 0 Å². The Morgan fingerprint density at radius 2 is 2.12 bits per heavy atom. The number of hydrogen-bond donors (Lipinski definition) is 1. The molecule has 128 valence electrons. The van der Waals surface area contributed by atoms with Gasteiger partial charge in [0.25, 0.3) is 0 Å². The number of hydrogen-bond acceptors (Lipinski definition) is 5. The minimum absolute atomic E-state index is 0.0580. The molecule has 2 aromatic heterocycles. The summed E-state index contributed by atoms with van der Waals surface area (Å²) in [4.78, 5) is 16.9. The van der Waals surface area contributed by atoms with Gasteiger partial charge in [0.1, 0.15) is 5.82 Å². The molecule has 0 unspecified atom stereocenters. The summed E-state index contributed by atoms with van der Waals surface area (Å²) in [6, 6.07) is 9.55. The third kappa shape index (κ3) is 3.24. The Balaban J connectivity index is 1.48. The maximum absolute atomic E-state index is 12.6. The largest absolute Gasteiger partial charge is 0.324 e. The maximum Gasteiger partial charge on any atom is 0.237 e. The second kappa shape index (κ2) is 6.48. The van der Waals surface area contributed by atoms with Crippen LogP contribution in [0.5, 0.6) is 0 Å². The van der Waals surface area contributed by atoms with Crippen LogP contribution in [0, 0.1) is 0 Å². The molecule has 25 heavy (non-hydrogen) atoms. The molecule has 1 aromatic carbocycles. The van der Waals surface area contributed by atoms with Crippen LogP contribution in [0.25, 0.3) is 10.9 Å². The van der Waals surface area contributed by atoms with Gasteiger partial charge in [0.05, 0.1) is 16.5 Å². The topological polar surface area (TPSA) is 72.7 Å². The molecule has 4 rings (SSSR count). The second-order valence-electron chi connectivity index (χ2n) is 6.30. The molecule has 3 aromatic rings. The van der Waals surface area contributed by atoms with Crippen molar-refractivity contribution < 1.29 is 4.79 Å². The molecule has 1 saturated carbocycles. The number of fused-ring (bicyclic) bond motifs is 1. The normalized spacial score (nSPS) is 15.3. The van der Waals surface area contributed by atoms with E-state index in [4.69, 9.17) is 0 Å². The zero-order valence-corrected chi connectivity index (χ0v) is 15.0. The highest BCUT2D eigenvalue weighted by Gasteiger charge is 2.30. The summed E-state index contributed by atoms with van der Waals surface area (Å²) in [6.07, 6.45) is 4.11. The standard InChI is InChI=1S/C18H19N5OS/c1-11(25-18-22-21-16(23(18)2)12-8-9-12)17(24)20-15-7-3-6-14-13(15)5-4-10-19-14/h3-7,10-12H,8-9H2,1-2H3,(H,20,24)/t11-/m0/s1. The summed E-state index contributed by atoms with van der Waals surface area (Å²) < 4.78 is 2.01. The Hall–Kier alpha value is -2.41. The van der Waals surface area contributed by atoms with Gasteiger partial charge >= 0.3 is 0 Å². The van der Waals surface area contributed by atoms with Gasteiger partial charge < -0.3 is 9.88 Å². The number of thioether (sulfide) groups is 1. The Labute approximate surface area is 150 Å². The molecule has 1 aliphatic carbocycles. The predicted molar refractivity (Wildman–Crippen MR) is 98.7 cm³/mol. The molecular weight excluding hydrogens is 334 g/mol. The fourth-order valence-electron chi connectivity index (χ4n) is 2.78. The van der Waals surface area contributed by atoms with E-state index in [1.165, 1.54) is 24.6 Å². The van der Waals surface area contributed by atoms with Gasteiger partial charge in [-0.3, -0.25) is 9.78 Å². The fraction of sp³-hybridized carbons (Fsp3) is 0.333. The zero-order valence-electron chi connectivity index (χ0n) is 14.1. The number of aromatic nitrogens is 4. The highest BCUT2D eigenvalue weighted by atomic mass is 32.2. The Kier molecular flexibility index (Phi) is 4.17. The van der Waals surface area contributed by atoms with Crippen LogP contribution >= 0.6 is 11.8 Å². The summed E-state index contributed by atoms with van der Waals surface area (Å²) in [5.74, 6) is 1.51. The summed E-state index contributed by atoms with van der Waals surface area (Å²) in [6.45, 7) is 1.88. The first-order valence-corrected chi connectivity index (χ1v) is 9.22. The van der Waals surface area contributed by atoms with Crippen molar-refractivity contribution in [1.29, 1.82) is 0 Å². The van der Waals surface area contributed by atoms with Crippen molar-refractivity contribution in [2.24, 2.45) is 7.05 Å². The van der Waals surface area contributed by atoms with Crippen LogP contribution in [-0.2, 0) is 11.8 Å². The predicted octanol–water partition coefficient (Wildman–Crippen LogP) is 3.36. The molecule has 6 nitrogen and oxygen atoms in total. The lowest BCUT2D eigenvalue weighted by atomic mass is 10.2. The van der Waals surface area contributed by atoms with E-state index in [9.17, 15) is 4.79 Å². The number of nitrogens with zero attached hydrogens (tertiary/aromatic N) is 4. The van der Waals surface area contributed by atoms with E-state index in [-0.39, 0.29) is 11.2 Å². The van der Waals surface area contributed by atoms with Gasteiger partial charge in [-0.2, -0.15) is 0 Å². The second-order valence-corrected chi connectivity index (χ2v) is 7.61. The fourth-order valence-corrected chi connectivity index (χ4v) is 3.61. The molecule has 7 heteroatoms. The van der Waals surface area contributed by atoms with E-state index in [0.29, 0.717) is 5.92 Å². The number of carbonyl (C=O) groups is 1. The molecule has 0 saturated heterocycles. The van der Waals surface area contributed by atoms with Gasteiger partial charge in [-0.15, -0.1) is 10.2 Å². The van der Waals surface area contributed by atoms with Crippen molar-refractivity contribution in [3.63, 3.8) is 0 Å². The number of benzene rings is 1. The third-order valence-electron chi connectivity index (χ3n) is 4.37. The molecule has 0 aliphatic heterocycles. The van der Waals surface area contributed by atoms with Gasteiger partial charge in [-0.25, -0.2) is 0 Å². The van der Waals surface area contributed by atoms with E-state index in [2.05, 4.69) is 20.5 Å². The lowest BCUT2D eigenvalue weighted by Gasteiger charge is -2.13. The summed E-state index contributed by atoms with van der Waals surface area (Å²) in [5, 5.41) is 13.0. The molecule has 0 spiro atoms. The Morgan fingerprint density at radius 3 is 2.92 bits per heavy atom. The SMILES string of the molecule is C[C@H](Sc1nnc(C2CC2)n1C)C(=O)Nc1cccc2ncccc12. The van der Waals surface area contributed by atoms with Crippen LogP contribution in [0.4, 0.5) is 5.69 Å². The highest BCUT2D eigenvalue weighted by Crippen LogP contribution is 2.39. The summed E-state index contributed by atoms with van der Waals surface area (Å²) >= 11 is 1.43. The maximum atomic E-state index is 12.6. The van der Waals surface area contributed by atoms with E-state index >= 15 is 0 Å². The molecular formula is C18H19N5OS. The van der Waals surface area contributed by atoms with Gasteiger partial charge in [0.15, 0.2) is 5.16 Å². The minimum atomic E-state index is -0.276. The number of pyridine rings is 1. The van der Waals surface area contributed by atoms with E-state index in [1.807, 2.05) is 48.9 Å². The molecule has 1 fully saturated rings. The smallest absolute Gasteiger partial charge is 0.237 e. The first-order chi connectivity index (χ1) is 12.1. The summed E-state index contributed by atoms with van der Waals surface area (Å²) in [5.41, 5.74) is 1.64. The van der Waals surface area contributed by atoms with Crippen molar-refractivity contribution in [1.82, 2.24) is 19.7 Å². The lowest BCUT2D eigenvalue weighted by molar-refractivity contribution is -0.115. The van der Waals surface area contributed by atoms with Crippen LogP contribution in [0.1, 0.15) is 31.5 Å². The van der Waals surface area contributed by atoms with Crippen LogP contribution in [-0.4, -0.2) is 30.9 Å². The third-order valence-corrected chi connectivity index (χ3v) is 5.50. The van der Waals surface area contributed by atoms with Crippen molar-refractivity contribution in [2.75, 3.05) is 5.32 Å². The first kappa shape index (κ1) is 16.1. The monoisotopic (exact) mass is 353 g/mol. The average molecular weight is 353 g/mol. The van der Waals surface area contributed by atoms with Gasteiger partial charge in [0, 0.05) is 24.5 Å². The van der Waals surface area contributed by atoms with Gasteiger partial charge in [-0.1, -0.05) is 17.8 Å². The van der Waals surface area contributed by atoms with E-state index in [1.54, 1.807) is 6.20 Å². The number of amides is 1. The van der Waals surface area contributed by atoms with Crippen molar-refractivity contribution in [2.45, 2.75) is 36.1 Å². The Morgan fingerprint density at radius 1 is 1.28 bits per heavy atom. The van der Waals surface area contributed by atoms with Crippen LogP contribution in [0.3, 0.4) is 0 Å².